The number of benzene rings is 2. The Morgan fingerprint density at radius 2 is 2.00 bits per heavy atom. The summed E-state index contributed by atoms with van der Waals surface area (Å²) in [7, 11) is 0. The Balaban J connectivity index is 1.72. The lowest BCUT2D eigenvalue weighted by Gasteiger charge is -2.16. The molecule has 0 aromatic heterocycles. The first-order valence-corrected chi connectivity index (χ1v) is 8.17. The van der Waals surface area contributed by atoms with Crippen LogP contribution in [0.2, 0.25) is 0 Å². The number of aryl methyl sites for hydroxylation is 1. The summed E-state index contributed by atoms with van der Waals surface area (Å²) >= 11 is 3.59. The molecule has 1 aliphatic rings. The Labute approximate surface area is 134 Å². The van der Waals surface area contributed by atoms with Crippen LogP contribution in [-0.4, -0.2) is 6.61 Å². The van der Waals surface area contributed by atoms with E-state index >= 15 is 0 Å². The molecule has 2 aromatic rings. The molecule has 0 spiro atoms. The van der Waals surface area contributed by atoms with Crippen molar-refractivity contribution in [1.29, 1.82) is 0 Å². The van der Waals surface area contributed by atoms with Gasteiger partial charge in [0.25, 0.3) is 0 Å². The lowest BCUT2D eigenvalue weighted by atomic mass is 10.1. The number of rotatable bonds is 4. The number of nitrogens with one attached hydrogen (secondary N) is 1. The highest BCUT2D eigenvalue weighted by Crippen LogP contribution is 2.33. The molecule has 110 valence electrons. The molecule has 3 rings (SSSR count). The monoisotopic (exact) mass is 345 g/mol. The summed E-state index contributed by atoms with van der Waals surface area (Å²) in [6.07, 6.45) is 1.01. The number of fused-ring (bicyclic) bond motifs is 1. The summed E-state index contributed by atoms with van der Waals surface area (Å²) in [6, 6.07) is 13.3. The SMILES string of the molecule is Cc1ccc([C@@H](C)NCc2cc(Br)cc3c2OCC3)cc1. The van der Waals surface area contributed by atoms with Crippen molar-refractivity contribution in [2.24, 2.45) is 0 Å². The van der Waals surface area contributed by atoms with Gasteiger partial charge in [-0.05, 0) is 37.1 Å². The van der Waals surface area contributed by atoms with E-state index in [1.54, 1.807) is 0 Å². The minimum atomic E-state index is 0.321. The van der Waals surface area contributed by atoms with Crippen molar-refractivity contribution in [3.05, 3.63) is 63.1 Å². The van der Waals surface area contributed by atoms with Gasteiger partial charge in [-0.1, -0.05) is 45.8 Å². The Kier molecular flexibility index (Phi) is 4.32. The first kappa shape index (κ1) is 14.6. The van der Waals surface area contributed by atoms with Gasteiger partial charge in [0, 0.05) is 29.0 Å². The van der Waals surface area contributed by atoms with Crippen LogP contribution in [0.15, 0.2) is 40.9 Å². The van der Waals surface area contributed by atoms with Crippen molar-refractivity contribution in [2.45, 2.75) is 32.9 Å². The van der Waals surface area contributed by atoms with Gasteiger partial charge in [-0.3, -0.25) is 0 Å². The zero-order valence-electron chi connectivity index (χ0n) is 12.4. The van der Waals surface area contributed by atoms with Gasteiger partial charge in [-0.15, -0.1) is 0 Å². The van der Waals surface area contributed by atoms with Gasteiger partial charge in [-0.2, -0.15) is 0 Å². The van der Waals surface area contributed by atoms with Gasteiger partial charge < -0.3 is 10.1 Å². The van der Waals surface area contributed by atoms with Crippen LogP contribution in [-0.2, 0) is 13.0 Å². The third kappa shape index (κ3) is 3.30. The summed E-state index contributed by atoms with van der Waals surface area (Å²) in [5.41, 5.74) is 5.15. The van der Waals surface area contributed by atoms with E-state index in [9.17, 15) is 0 Å². The third-order valence-electron chi connectivity index (χ3n) is 4.00. The summed E-state index contributed by atoms with van der Waals surface area (Å²) in [5.74, 6) is 1.07. The number of halogens is 1. The molecule has 0 saturated heterocycles. The molecule has 2 aromatic carbocycles. The lowest BCUT2D eigenvalue weighted by Crippen LogP contribution is -2.18. The maximum absolute atomic E-state index is 5.78. The molecule has 0 aliphatic carbocycles. The maximum atomic E-state index is 5.78. The van der Waals surface area contributed by atoms with E-state index in [4.69, 9.17) is 4.74 Å². The largest absolute Gasteiger partial charge is 0.493 e. The highest BCUT2D eigenvalue weighted by Gasteiger charge is 2.17. The Morgan fingerprint density at radius 3 is 2.76 bits per heavy atom. The van der Waals surface area contributed by atoms with Crippen molar-refractivity contribution in [3.8, 4) is 5.75 Å². The van der Waals surface area contributed by atoms with E-state index in [2.05, 4.69) is 71.5 Å². The van der Waals surface area contributed by atoms with E-state index in [1.807, 2.05) is 0 Å². The van der Waals surface area contributed by atoms with Crippen LogP contribution in [0.25, 0.3) is 0 Å². The van der Waals surface area contributed by atoms with E-state index in [1.165, 1.54) is 22.3 Å². The van der Waals surface area contributed by atoms with Crippen LogP contribution in [0.1, 0.15) is 35.2 Å². The van der Waals surface area contributed by atoms with Crippen LogP contribution in [0.4, 0.5) is 0 Å². The predicted octanol–water partition coefficient (Wildman–Crippen LogP) is 4.54. The topological polar surface area (TPSA) is 21.3 Å². The highest BCUT2D eigenvalue weighted by molar-refractivity contribution is 9.10. The molecule has 0 amide bonds. The summed E-state index contributed by atoms with van der Waals surface area (Å²) in [4.78, 5) is 0. The van der Waals surface area contributed by atoms with E-state index < -0.39 is 0 Å². The fourth-order valence-corrected chi connectivity index (χ4v) is 3.27. The Bertz CT molecular complexity index is 636. The summed E-state index contributed by atoms with van der Waals surface area (Å²) in [6.45, 7) is 5.93. The van der Waals surface area contributed by atoms with Crippen molar-refractivity contribution < 1.29 is 4.74 Å². The third-order valence-corrected chi connectivity index (χ3v) is 4.46. The van der Waals surface area contributed by atoms with Crippen molar-refractivity contribution >= 4 is 15.9 Å². The second-order valence-electron chi connectivity index (χ2n) is 5.66. The van der Waals surface area contributed by atoms with Crippen LogP contribution in [0.3, 0.4) is 0 Å². The van der Waals surface area contributed by atoms with Crippen molar-refractivity contribution in [3.63, 3.8) is 0 Å². The van der Waals surface area contributed by atoms with Crippen LogP contribution in [0, 0.1) is 6.92 Å². The van der Waals surface area contributed by atoms with Crippen LogP contribution in [0.5, 0.6) is 5.75 Å². The molecule has 1 N–H and O–H groups in total. The molecule has 0 bridgehead atoms. The molecule has 1 aliphatic heterocycles. The molecule has 1 heterocycles. The minimum absolute atomic E-state index is 0.321. The number of hydrogen-bond acceptors (Lipinski definition) is 2. The summed E-state index contributed by atoms with van der Waals surface area (Å²) < 4.78 is 6.91. The number of ether oxygens (including phenoxy) is 1. The molecule has 3 heteroatoms. The van der Waals surface area contributed by atoms with E-state index in [0.717, 1.165) is 29.8 Å². The molecule has 2 nitrogen and oxygen atoms in total. The van der Waals surface area contributed by atoms with Crippen molar-refractivity contribution in [2.75, 3.05) is 6.61 Å². The molecule has 0 radical (unpaired) electrons. The van der Waals surface area contributed by atoms with Gasteiger partial charge in [0.15, 0.2) is 0 Å². The zero-order chi connectivity index (χ0) is 14.8. The first-order chi connectivity index (χ1) is 10.1. The predicted molar refractivity (Wildman–Crippen MR) is 89.8 cm³/mol. The van der Waals surface area contributed by atoms with Crippen molar-refractivity contribution in [1.82, 2.24) is 5.32 Å². The molecular formula is C18H20BrNO. The molecular weight excluding hydrogens is 326 g/mol. The maximum Gasteiger partial charge on any atom is 0.127 e. The average molecular weight is 346 g/mol. The average Bonchev–Trinajstić information content (AvgIpc) is 2.93. The van der Waals surface area contributed by atoms with E-state index in [-0.39, 0.29) is 0 Å². The van der Waals surface area contributed by atoms with Crippen LogP contribution < -0.4 is 10.1 Å². The molecule has 0 fully saturated rings. The fourth-order valence-electron chi connectivity index (χ4n) is 2.71. The lowest BCUT2D eigenvalue weighted by molar-refractivity contribution is 0.351. The van der Waals surface area contributed by atoms with Gasteiger partial charge in [-0.25, -0.2) is 0 Å². The van der Waals surface area contributed by atoms with Gasteiger partial charge in [0.1, 0.15) is 5.75 Å². The Morgan fingerprint density at radius 1 is 1.24 bits per heavy atom. The second kappa shape index (κ2) is 6.20. The van der Waals surface area contributed by atoms with Gasteiger partial charge in [0.2, 0.25) is 0 Å². The van der Waals surface area contributed by atoms with E-state index in [0.29, 0.717) is 6.04 Å². The second-order valence-corrected chi connectivity index (χ2v) is 6.58. The first-order valence-electron chi connectivity index (χ1n) is 7.37. The molecule has 1 atom stereocenters. The van der Waals surface area contributed by atoms with Gasteiger partial charge in [0.05, 0.1) is 6.61 Å². The minimum Gasteiger partial charge on any atom is -0.493 e. The molecule has 0 saturated carbocycles. The zero-order valence-corrected chi connectivity index (χ0v) is 14.0. The number of hydrogen-bond donors (Lipinski definition) is 1. The quantitative estimate of drug-likeness (QED) is 0.877. The highest BCUT2D eigenvalue weighted by atomic mass is 79.9. The molecule has 0 unspecified atom stereocenters. The smallest absolute Gasteiger partial charge is 0.127 e. The van der Waals surface area contributed by atoms with Crippen LogP contribution >= 0.6 is 15.9 Å². The Hall–Kier alpha value is -1.32. The fraction of sp³-hybridized carbons (Fsp3) is 0.333. The molecule has 21 heavy (non-hydrogen) atoms. The normalized spacial score (nSPS) is 14.6. The standard InChI is InChI=1S/C18H20BrNO/c1-12-3-5-14(6-4-12)13(2)20-11-16-10-17(19)9-15-7-8-21-18(15)16/h3-6,9-10,13,20H,7-8,11H2,1-2H3/t13-/m1/s1. The van der Waals surface area contributed by atoms with Gasteiger partial charge >= 0.3 is 0 Å². The summed E-state index contributed by atoms with van der Waals surface area (Å²) in [5, 5.41) is 3.59.